The highest BCUT2D eigenvalue weighted by Crippen LogP contribution is 2.37. The summed E-state index contributed by atoms with van der Waals surface area (Å²) in [4.78, 5) is 26.1. The van der Waals surface area contributed by atoms with Crippen LogP contribution in [0.4, 0.5) is 5.95 Å². The van der Waals surface area contributed by atoms with Crippen LogP contribution in [0.5, 0.6) is 0 Å². The molecule has 3 heterocycles. The van der Waals surface area contributed by atoms with Crippen LogP contribution in [0.25, 0.3) is 16.5 Å². The molecule has 12 heteroatoms. The zero-order valence-corrected chi connectivity index (χ0v) is 22.6. The molecule has 198 valence electrons. The Hall–Kier alpha value is -3.06. The van der Waals surface area contributed by atoms with Crippen molar-refractivity contribution in [2.45, 2.75) is 56.1 Å². The summed E-state index contributed by atoms with van der Waals surface area (Å²) in [5, 5.41) is 4.42. The Morgan fingerprint density at radius 2 is 2.00 bits per heavy atom. The van der Waals surface area contributed by atoms with E-state index in [2.05, 4.69) is 33.2 Å². The summed E-state index contributed by atoms with van der Waals surface area (Å²) in [6, 6.07) is 3.34. The van der Waals surface area contributed by atoms with Gasteiger partial charge in [-0.25, -0.2) is 23.6 Å². The number of likely N-dealkylation sites (N-methyl/N-ethyl adjacent to an activating group) is 1. The van der Waals surface area contributed by atoms with Crippen LogP contribution in [0, 0.1) is 0 Å². The summed E-state index contributed by atoms with van der Waals surface area (Å²) < 4.78 is 32.8. The van der Waals surface area contributed by atoms with Gasteiger partial charge in [-0.3, -0.25) is 23.8 Å². The molecule has 2 N–H and O–H groups in total. The van der Waals surface area contributed by atoms with Crippen LogP contribution in [0.3, 0.4) is 0 Å². The van der Waals surface area contributed by atoms with Gasteiger partial charge < -0.3 is 0 Å². The van der Waals surface area contributed by atoms with Crippen LogP contribution >= 0.6 is 0 Å². The van der Waals surface area contributed by atoms with Crippen molar-refractivity contribution in [1.29, 1.82) is 0 Å². The first-order valence-electron chi connectivity index (χ1n) is 12.3. The maximum absolute atomic E-state index is 13.9. The van der Waals surface area contributed by atoms with E-state index in [0.29, 0.717) is 24.0 Å². The molecule has 1 aliphatic heterocycles. The van der Waals surface area contributed by atoms with Crippen LogP contribution < -0.4 is 15.8 Å². The lowest BCUT2D eigenvalue weighted by molar-refractivity contribution is 0.264. The molecule has 1 saturated carbocycles. The lowest BCUT2D eigenvalue weighted by Gasteiger charge is -2.30. The first-order chi connectivity index (χ1) is 17.5. The second-order valence-electron chi connectivity index (χ2n) is 10.4. The molecule has 2 aromatic heterocycles. The van der Waals surface area contributed by atoms with E-state index < -0.39 is 15.6 Å². The molecule has 1 atom stereocenters. The fourth-order valence-corrected chi connectivity index (χ4v) is 6.15. The van der Waals surface area contributed by atoms with Gasteiger partial charge in [-0.1, -0.05) is 6.08 Å². The van der Waals surface area contributed by atoms with Crippen molar-refractivity contribution in [2.75, 3.05) is 26.2 Å². The van der Waals surface area contributed by atoms with Gasteiger partial charge in [0.2, 0.25) is 16.0 Å². The Kier molecular flexibility index (Phi) is 6.47. The van der Waals surface area contributed by atoms with Crippen LogP contribution in [0.1, 0.15) is 44.2 Å². The van der Waals surface area contributed by atoms with Crippen molar-refractivity contribution < 1.29 is 13.3 Å². The molecule has 1 aliphatic carbocycles. The smallest absolute Gasteiger partial charge is 0.263 e. The van der Waals surface area contributed by atoms with Gasteiger partial charge in [0.05, 0.1) is 35.6 Å². The summed E-state index contributed by atoms with van der Waals surface area (Å²) in [5.74, 6) is 0.228. The molecule has 37 heavy (non-hydrogen) atoms. The summed E-state index contributed by atoms with van der Waals surface area (Å²) in [6.07, 6.45) is 7.83. The highest BCUT2D eigenvalue weighted by molar-refractivity contribution is 7.89. The van der Waals surface area contributed by atoms with Gasteiger partial charge in [0.1, 0.15) is 0 Å². The third-order valence-electron chi connectivity index (χ3n) is 7.26. The second kappa shape index (κ2) is 9.35. The van der Waals surface area contributed by atoms with Gasteiger partial charge in [0, 0.05) is 42.5 Å². The van der Waals surface area contributed by atoms with Crippen LogP contribution in [0.15, 0.2) is 40.3 Å². The van der Waals surface area contributed by atoms with Gasteiger partial charge in [0.15, 0.2) is 0 Å². The number of sulfonamides is 1. The zero-order valence-electron chi connectivity index (χ0n) is 21.8. The number of aromatic nitrogens is 4. The Morgan fingerprint density at radius 1 is 1.24 bits per heavy atom. The van der Waals surface area contributed by atoms with Gasteiger partial charge in [-0.05, 0) is 57.9 Å². The molecule has 0 spiro atoms. The molecular weight excluding hydrogens is 494 g/mol. The van der Waals surface area contributed by atoms with Gasteiger partial charge in [-0.2, -0.15) is 5.10 Å². The fraction of sp³-hybridized carbons (Fsp3) is 0.480. The van der Waals surface area contributed by atoms with E-state index in [-0.39, 0.29) is 34.4 Å². The topological polar surface area (TPSA) is 123 Å². The Balaban J connectivity index is 1.74. The third kappa shape index (κ3) is 5.06. The molecule has 0 amide bonds. The van der Waals surface area contributed by atoms with Crippen molar-refractivity contribution in [3.8, 4) is 0 Å². The number of benzene rings is 1. The SMILES string of the molecule is CONc1nc2c(C3=CCN(C)[C@H](C)C3)cc(S(=O)(=O)NC3(C)CC3)cc2c(=O)n1Cc1cnn(C)c1. The summed E-state index contributed by atoms with van der Waals surface area (Å²) >= 11 is 0. The first kappa shape index (κ1) is 25.6. The third-order valence-corrected chi connectivity index (χ3v) is 8.87. The number of aryl methyl sites for hydroxylation is 1. The number of hydrogen-bond acceptors (Lipinski definition) is 8. The molecule has 3 aromatic rings. The Labute approximate surface area is 216 Å². The molecule has 0 unspecified atom stereocenters. The van der Waals surface area contributed by atoms with Gasteiger partial charge in [0.25, 0.3) is 5.56 Å². The molecule has 1 aromatic carbocycles. The Morgan fingerprint density at radius 3 is 2.62 bits per heavy atom. The lowest BCUT2D eigenvalue weighted by Crippen LogP contribution is -2.35. The molecule has 0 saturated heterocycles. The van der Waals surface area contributed by atoms with E-state index in [1.165, 1.54) is 17.7 Å². The fourth-order valence-electron chi connectivity index (χ4n) is 4.64. The molecule has 1 fully saturated rings. The number of hydrogen-bond donors (Lipinski definition) is 2. The quantitative estimate of drug-likeness (QED) is 0.427. The number of fused-ring (bicyclic) bond motifs is 1. The highest BCUT2D eigenvalue weighted by Gasteiger charge is 2.41. The summed E-state index contributed by atoms with van der Waals surface area (Å²) in [6.45, 7) is 4.91. The van der Waals surface area contributed by atoms with E-state index in [1.54, 1.807) is 24.0 Å². The minimum atomic E-state index is -3.86. The minimum absolute atomic E-state index is 0.0647. The van der Waals surface area contributed by atoms with Crippen molar-refractivity contribution in [2.24, 2.45) is 7.05 Å². The summed E-state index contributed by atoms with van der Waals surface area (Å²) in [7, 11) is 1.44. The predicted octanol–water partition coefficient (Wildman–Crippen LogP) is 2.09. The lowest BCUT2D eigenvalue weighted by atomic mass is 9.93. The van der Waals surface area contributed by atoms with E-state index in [0.717, 1.165) is 24.0 Å². The van der Waals surface area contributed by atoms with Crippen LogP contribution in [0.2, 0.25) is 0 Å². The molecule has 2 aliphatic rings. The normalized spacial score (nSPS) is 19.7. The molecular formula is C25H33N7O4S. The number of rotatable bonds is 8. The van der Waals surface area contributed by atoms with E-state index in [9.17, 15) is 13.2 Å². The van der Waals surface area contributed by atoms with E-state index >= 15 is 0 Å². The molecule has 5 rings (SSSR count). The highest BCUT2D eigenvalue weighted by atomic mass is 32.2. The van der Waals surface area contributed by atoms with E-state index in [1.807, 2.05) is 20.2 Å². The first-order valence-corrected chi connectivity index (χ1v) is 13.8. The largest absolute Gasteiger partial charge is 0.300 e. The van der Waals surface area contributed by atoms with E-state index in [4.69, 9.17) is 9.82 Å². The van der Waals surface area contributed by atoms with Crippen LogP contribution in [-0.2, 0) is 28.5 Å². The number of nitrogens with zero attached hydrogens (tertiary/aromatic N) is 5. The number of anilines is 1. The maximum Gasteiger partial charge on any atom is 0.263 e. The molecule has 0 bridgehead atoms. The zero-order chi connectivity index (χ0) is 26.5. The van der Waals surface area contributed by atoms with Crippen LogP contribution in [-0.4, -0.2) is 64.9 Å². The molecule has 11 nitrogen and oxygen atoms in total. The van der Waals surface area contributed by atoms with Crippen molar-refractivity contribution in [1.82, 2.24) is 29.0 Å². The monoisotopic (exact) mass is 527 g/mol. The average molecular weight is 528 g/mol. The molecule has 0 radical (unpaired) electrons. The van der Waals surface area contributed by atoms with Gasteiger partial charge >= 0.3 is 0 Å². The van der Waals surface area contributed by atoms with Crippen molar-refractivity contribution in [3.05, 3.63) is 52.1 Å². The average Bonchev–Trinajstić information content (AvgIpc) is 3.41. The number of nitrogens with one attached hydrogen (secondary N) is 2. The maximum atomic E-state index is 13.9. The predicted molar refractivity (Wildman–Crippen MR) is 142 cm³/mol. The second-order valence-corrected chi connectivity index (χ2v) is 12.1. The standard InChI is InChI=1S/C25H33N7O4S/c1-16-10-18(6-9-30(16)3)20-11-19(37(34,35)29-25(2)7-8-25)12-21-22(20)27-24(28-36-5)32(23(21)33)15-17-13-26-31(4)14-17/h6,11-14,16,29H,7-10,15H2,1-5H3,(H,27,28)/t16-/m1/s1. The van der Waals surface area contributed by atoms with Crippen molar-refractivity contribution >= 4 is 32.4 Å². The Bertz CT molecular complexity index is 1550. The minimum Gasteiger partial charge on any atom is -0.300 e. The summed E-state index contributed by atoms with van der Waals surface area (Å²) in [5.41, 5.74) is 4.76. The van der Waals surface area contributed by atoms with Crippen molar-refractivity contribution in [3.63, 3.8) is 0 Å². The van der Waals surface area contributed by atoms with Gasteiger partial charge in [-0.15, -0.1) is 0 Å².